The van der Waals surface area contributed by atoms with E-state index in [1.54, 1.807) is 0 Å². The second kappa shape index (κ2) is 11.4. The van der Waals surface area contributed by atoms with Crippen LogP contribution < -0.4 is 10.1 Å². The number of benzene rings is 2. The van der Waals surface area contributed by atoms with Gasteiger partial charge in [-0.05, 0) is 42.2 Å². The summed E-state index contributed by atoms with van der Waals surface area (Å²) in [5.74, 6) is -2.20. The maximum Gasteiger partial charge on any atom is 0.573 e. The van der Waals surface area contributed by atoms with Crippen LogP contribution in [0.4, 0.5) is 13.2 Å². The molecule has 2 heterocycles. The molecule has 2 aromatic rings. The molecule has 0 aromatic heterocycles. The molecule has 2 aliphatic heterocycles. The van der Waals surface area contributed by atoms with Gasteiger partial charge in [0.15, 0.2) is 9.84 Å². The van der Waals surface area contributed by atoms with Gasteiger partial charge in [-0.15, -0.1) is 13.2 Å². The zero-order chi connectivity index (χ0) is 28.3. The molecule has 2 aliphatic rings. The number of likely N-dealkylation sites (tertiary alicyclic amines) is 1. The zero-order valence-electron chi connectivity index (χ0n) is 21.2. The number of hydrogen-bond donors (Lipinski definition) is 1. The van der Waals surface area contributed by atoms with E-state index in [9.17, 15) is 31.2 Å². The summed E-state index contributed by atoms with van der Waals surface area (Å²) in [6.07, 6.45) is -2.67. The lowest BCUT2D eigenvalue weighted by Crippen LogP contribution is -2.52. The topological polar surface area (TPSA) is 102 Å². The summed E-state index contributed by atoms with van der Waals surface area (Å²) in [7, 11) is -2.64. The monoisotopic (exact) mass is 566 g/mol. The molecule has 0 bridgehead atoms. The summed E-state index contributed by atoms with van der Waals surface area (Å²) in [5.41, 5.74) is 0.452. The third kappa shape index (κ3) is 6.80. The van der Waals surface area contributed by atoms with Gasteiger partial charge < -0.3 is 14.4 Å². The number of carbonyl (C=O) groups is 2. The van der Waals surface area contributed by atoms with Crippen LogP contribution in [0.25, 0.3) is 5.57 Å². The Kier molecular flexibility index (Phi) is 8.36. The molecule has 12 heteroatoms. The number of nitrogens with zero attached hydrogens (tertiary/aromatic N) is 1. The lowest BCUT2D eigenvalue weighted by atomic mass is 9.80. The maximum atomic E-state index is 13.6. The Balaban J connectivity index is 1.47. The Hall–Kier alpha value is -3.38. The van der Waals surface area contributed by atoms with Crippen LogP contribution in [0.5, 0.6) is 5.75 Å². The van der Waals surface area contributed by atoms with Crippen molar-refractivity contribution >= 4 is 27.3 Å². The second-order valence-corrected chi connectivity index (χ2v) is 11.8. The molecule has 1 fully saturated rings. The number of ether oxygens (including phenoxy) is 2. The first-order chi connectivity index (χ1) is 18.4. The minimum atomic E-state index is -4.90. The average molecular weight is 567 g/mol. The predicted octanol–water partition coefficient (Wildman–Crippen LogP) is 3.80. The lowest BCUT2D eigenvalue weighted by molar-refractivity contribution is -0.274. The minimum Gasteiger partial charge on any atom is -0.469 e. The normalized spacial score (nSPS) is 19.6. The van der Waals surface area contributed by atoms with Gasteiger partial charge in [-0.3, -0.25) is 14.9 Å². The molecule has 210 valence electrons. The van der Waals surface area contributed by atoms with Gasteiger partial charge in [-0.25, -0.2) is 8.42 Å². The fraction of sp³-hybridized carbons (Fsp3) is 0.407. The van der Waals surface area contributed by atoms with Crippen LogP contribution in [0.2, 0.25) is 0 Å². The average Bonchev–Trinajstić information content (AvgIpc) is 2.92. The molecule has 0 aliphatic carbocycles. The summed E-state index contributed by atoms with van der Waals surface area (Å²) in [5, 5.41) is 2.13. The van der Waals surface area contributed by atoms with Crippen molar-refractivity contribution in [3.63, 3.8) is 0 Å². The standard InChI is InChI=1S/C27H29F3N2O6S/c1-37-25(34)26(18-39(35,36)23-17-20(10-13-31-23)19-6-3-2-4-7-19)11-14-32(15-12-26)24(33)21-8-5-9-22(16-21)38-27(28,29)30/h2-10,16,23,31H,11-15,17-18H2,1H3. The fourth-order valence-electron chi connectivity index (χ4n) is 5.07. The Morgan fingerprint density at radius 3 is 2.41 bits per heavy atom. The van der Waals surface area contributed by atoms with Crippen LogP contribution in [-0.4, -0.2) is 69.4 Å². The zero-order valence-corrected chi connectivity index (χ0v) is 22.1. The van der Waals surface area contributed by atoms with E-state index < -0.39 is 50.4 Å². The van der Waals surface area contributed by atoms with Gasteiger partial charge in [0.25, 0.3) is 5.91 Å². The van der Waals surface area contributed by atoms with Gasteiger partial charge in [-0.2, -0.15) is 0 Å². The molecule has 4 rings (SSSR count). The third-order valence-electron chi connectivity index (χ3n) is 7.10. The van der Waals surface area contributed by atoms with Crippen molar-refractivity contribution in [3.8, 4) is 5.75 Å². The van der Waals surface area contributed by atoms with Gasteiger partial charge in [0.1, 0.15) is 11.1 Å². The molecule has 0 spiro atoms. The molecule has 1 atom stereocenters. The Morgan fingerprint density at radius 1 is 1.08 bits per heavy atom. The van der Waals surface area contributed by atoms with Crippen LogP contribution in [0.1, 0.15) is 35.2 Å². The molecule has 2 aromatic carbocycles. The van der Waals surface area contributed by atoms with Gasteiger partial charge in [-0.1, -0.05) is 42.5 Å². The summed E-state index contributed by atoms with van der Waals surface area (Å²) >= 11 is 0. The Morgan fingerprint density at radius 2 is 1.77 bits per heavy atom. The van der Waals surface area contributed by atoms with E-state index in [0.717, 1.165) is 23.3 Å². The molecule has 1 amide bonds. The number of hydrogen-bond acceptors (Lipinski definition) is 7. The van der Waals surface area contributed by atoms with Gasteiger partial charge in [0, 0.05) is 31.6 Å². The smallest absolute Gasteiger partial charge is 0.469 e. The molecule has 39 heavy (non-hydrogen) atoms. The van der Waals surface area contributed by atoms with Crippen molar-refractivity contribution in [1.29, 1.82) is 0 Å². The highest BCUT2D eigenvalue weighted by Crippen LogP contribution is 2.37. The van der Waals surface area contributed by atoms with Crippen LogP contribution in [0.15, 0.2) is 60.7 Å². The first-order valence-corrected chi connectivity index (χ1v) is 14.1. The van der Waals surface area contributed by atoms with Crippen molar-refractivity contribution in [3.05, 3.63) is 71.8 Å². The number of alkyl halides is 3. The first kappa shape index (κ1) is 28.6. The molecular weight excluding hydrogens is 537 g/mol. The van der Waals surface area contributed by atoms with E-state index in [2.05, 4.69) is 10.1 Å². The number of piperidine rings is 1. The van der Waals surface area contributed by atoms with Gasteiger partial charge in [0.2, 0.25) is 0 Å². The quantitative estimate of drug-likeness (QED) is 0.509. The highest BCUT2D eigenvalue weighted by Gasteiger charge is 2.48. The summed E-state index contributed by atoms with van der Waals surface area (Å²) in [4.78, 5) is 27.3. The van der Waals surface area contributed by atoms with Crippen LogP contribution in [0.3, 0.4) is 0 Å². The number of halogens is 3. The SMILES string of the molecule is COC(=O)C1(CS(=O)(=O)C2CC(c3ccccc3)=CCN2)CCN(C(=O)c2cccc(OC(F)(F)F)c2)CC1. The van der Waals surface area contributed by atoms with Crippen molar-refractivity contribution in [2.45, 2.75) is 31.0 Å². The largest absolute Gasteiger partial charge is 0.573 e. The molecule has 1 saturated heterocycles. The van der Waals surface area contributed by atoms with Crippen molar-refractivity contribution in [1.82, 2.24) is 10.2 Å². The van der Waals surface area contributed by atoms with Crippen molar-refractivity contribution in [2.75, 3.05) is 32.5 Å². The van der Waals surface area contributed by atoms with E-state index in [4.69, 9.17) is 4.74 Å². The number of sulfone groups is 1. The molecule has 1 N–H and O–H groups in total. The van der Waals surface area contributed by atoms with E-state index >= 15 is 0 Å². The van der Waals surface area contributed by atoms with Crippen LogP contribution in [0, 0.1) is 5.41 Å². The molecule has 0 saturated carbocycles. The van der Waals surface area contributed by atoms with Crippen LogP contribution >= 0.6 is 0 Å². The number of esters is 1. The summed E-state index contributed by atoms with van der Waals surface area (Å²) < 4.78 is 73.8. The first-order valence-electron chi connectivity index (χ1n) is 12.4. The van der Waals surface area contributed by atoms with Crippen molar-refractivity contribution in [2.24, 2.45) is 5.41 Å². The second-order valence-electron chi connectivity index (χ2n) is 9.64. The number of amides is 1. The Bertz CT molecular complexity index is 1340. The minimum absolute atomic E-state index is 0.0124. The van der Waals surface area contributed by atoms with E-state index in [1.807, 2.05) is 36.4 Å². The van der Waals surface area contributed by atoms with E-state index in [1.165, 1.54) is 24.1 Å². The highest BCUT2D eigenvalue weighted by atomic mass is 32.2. The van der Waals surface area contributed by atoms with Crippen LogP contribution in [-0.2, 0) is 19.4 Å². The molecule has 1 unspecified atom stereocenters. The Labute approximate surface area is 224 Å². The summed E-state index contributed by atoms with van der Waals surface area (Å²) in [6, 6.07) is 14.2. The lowest BCUT2D eigenvalue weighted by Gasteiger charge is -2.40. The highest BCUT2D eigenvalue weighted by molar-refractivity contribution is 7.92. The predicted molar refractivity (Wildman–Crippen MR) is 137 cm³/mol. The fourth-order valence-corrected chi connectivity index (χ4v) is 7.23. The maximum absolute atomic E-state index is 13.6. The number of methoxy groups -OCH3 is 1. The van der Waals surface area contributed by atoms with Crippen molar-refractivity contribution < 1.29 is 40.7 Å². The molecule has 8 nitrogen and oxygen atoms in total. The number of carbonyl (C=O) groups excluding carboxylic acids is 2. The number of rotatable bonds is 7. The van der Waals surface area contributed by atoms with Gasteiger partial charge in [0.05, 0.1) is 18.3 Å². The van der Waals surface area contributed by atoms with E-state index in [0.29, 0.717) is 6.54 Å². The molecule has 0 radical (unpaired) electrons. The van der Waals surface area contributed by atoms with E-state index in [-0.39, 0.29) is 37.9 Å². The molecular formula is C27H29F3N2O6S. The number of nitrogens with one attached hydrogen (secondary N) is 1. The third-order valence-corrected chi connectivity index (χ3v) is 9.25. The summed E-state index contributed by atoms with van der Waals surface area (Å²) in [6.45, 7) is 0.418. The van der Waals surface area contributed by atoms with Gasteiger partial charge >= 0.3 is 12.3 Å².